The highest BCUT2D eigenvalue weighted by atomic mass is 79.9. The van der Waals surface area contributed by atoms with Gasteiger partial charge < -0.3 is 4.74 Å². The summed E-state index contributed by atoms with van der Waals surface area (Å²) >= 11 is 7.28. The SMILES string of the molecule is NNC(c1csc(Br)c1)C1CCOC2(CCSC2)C1. The summed E-state index contributed by atoms with van der Waals surface area (Å²) in [5.41, 5.74) is 4.45. The smallest absolute Gasteiger partial charge is 0.0783 e. The number of ether oxygens (including phenoxy) is 1. The molecule has 2 aliphatic rings. The van der Waals surface area contributed by atoms with Gasteiger partial charge in [0.25, 0.3) is 0 Å². The van der Waals surface area contributed by atoms with Crippen molar-refractivity contribution in [1.82, 2.24) is 5.43 Å². The molecule has 0 aliphatic carbocycles. The molecule has 0 bridgehead atoms. The molecular weight excluding hydrogens is 344 g/mol. The van der Waals surface area contributed by atoms with Gasteiger partial charge in [-0.25, -0.2) is 0 Å². The average molecular weight is 363 g/mol. The number of nitrogens with one attached hydrogen (secondary N) is 1. The maximum absolute atomic E-state index is 6.10. The van der Waals surface area contributed by atoms with Gasteiger partial charge >= 0.3 is 0 Å². The number of nitrogens with two attached hydrogens (primary N) is 1. The van der Waals surface area contributed by atoms with E-state index < -0.39 is 0 Å². The molecule has 2 saturated heterocycles. The zero-order valence-corrected chi connectivity index (χ0v) is 14.0. The van der Waals surface area contributed by atoms with Crippen molar-refractivity contribution >= 4 is 39.0 Å². The van der Waals surface area contributed by atoms with E-state index in [1.165, 1.54) is 21.5 Å². The average Bonchev–Trinajstić information content (AvgIpc) is 3.01. The molecule has 3 unspecified atom stereocenters. The van der Waals surface area contributed by atoms with Crippen molar-refractivity contribution < 1.29 is 4.74 Å². The number of thioether (sulfide) groups is 1. The van der Waals surface area contributed by atoms with Crippen molar-refractivity contribution in [3.05, 3.63) is 20.8 Å². The van der Waals surface area contributed by atoms with Crippen LogP contribution in [0.25, 0.3) is 0 Å². The van der Waals surface area contributed by atoms with Gasteiger partial charge in [0.15, 0.2) is 0 Å². The Morgan fingerprint density at radius 3 is 3.11 bits per heavy atom. The lowest BCUT2D eigenvalue weighted by Crippen LogP contribution is -2.45. The fourth-order valence-corrected chi connectivity index (χ4v) is 5.79. The molecule has 0 amide bonds. The molecule has 2 fully saturated rings. The van der Waals surface area contributed by atoms with E-state index in [9.17, 15) is 0 Å². The first-order valence-corrected chi connectivity index (χ1v) is 9.47. The Balaban J connectivity index is 1.76. The molecule has 1 spiro atoms. The van der Waals surface area contributed by atoms with Crippen LogP contribution in [-0.2, 0) is 4.74 Å². The van der Waals surface area contributed by atoms with Crippen molar-refractivity contribution in [3.8, 4) is 0 Å². The Labute approximate surface area is 130 Å². The number of hydrazine groups is 1. The highest BCUT2D eigenvalue weighted by Crippen LogP contribution is 2.44. The second kappa shape index (κ2) is 6.03. The summed E-state index contributed by atoms with van der Waals surface area (Å²) in [6.07, 6.45) is 3.41. The van der Waals surface area contributed by atoms with Crippen molar-refractivity contribution in [2.45, 2.75) is 30.9 Å². The van der Waals surface area contributed by atoms with Crippen LogP contribution >= 0.6 is 39.0 Å². The summed E-state index contributed by atoms with van der Waals surface area (Å²) in [6, 6.07) is 2.43. The van der Waals surface area contributed by atoms with Gasteiger partial charge in [-0.05, 0) is 63.9 Å². The van der Waals surface area contributed by atoms with E-state index in [1.54, 1.807) is 11.3 Å². The second-order valence-corrected chi connectivity index (χ2v) is 8.81. The molecule has 0 aromatic carbocycles. The Hall–Kier alpha value is 0.410. The number of halogens is 1. The largest absolute Gasteiger partial charge is 0.374 e. The quantitative estimate of drug-likeness (QED) is 0.639. The number of thiophene rings is 1. The van der Waals surface area contributed by atoms with Crippen LogP contribution in [0.15, 0.2) is 15.2 Å². The van der Waals surface area contributed by atoms with Crippen LogP contribution in [0.2, 0.25) is 0 Å². The molecule has 3 heterocycles. The standard InChI is InChI=1S/C13H19BrN2OS2/c14-11-5-10(7-19-11)12(16-15)9-1-3-17-13(6-9)2-4-18-8-13/h5,7,9,12,16H,1-4,6,8,15H2. The minimum Gasteiger partial charge on any atom is -0.374 e. The summed E-state index contributed by atoms with van der Waals surface area (Å²) in [5, 5.41) is 2.19. The van der Waals surface area contributed by atoms with Crippen LogP contribution in [0.4, 0.5) is 0 Å². The Bertz CT molecular complexity index is 434. The van der Waals surface area contributed by atoms with Crippen LogP contribution in [-0.4, -0.2) is 23.7 Å². The predicted molar refractivity (Wildman–Crippen MR) is 85.4 cm³/mol. The van der Waals surface area contributed by atoms with Gasteiger partial charge in [0.1, 0.15) is 0 Å². The maximum Gasteiger partial charge on any atom is 0.0783 e. The molecule has 0 saturated carbocycles. The highest BCUT2D eigenvalue weighted by Gasteiger charge is 2.42. The highest BCUT2D eigenvalue weighted by molar-refractivity contribution is 9.11. The fraction of sp³-hybridized carbons (Fsp3) is 0.692. The van der Waals surface area contributed by atoms with E-state index in [1.807, 2.05) is 11.8 Å². The van der Waals surface area contributed by atoms with E-state index in [0.717, 1.165) is 25.2 Å². The van der Waals surface area contributed by atoms with Gasteiger partial charge in [-0.2, -0.15) is 11.8 Å². The van der Waals surface area contributed by atoms with E-state index >= 15 is 0 Å². The van der Waals surface area contributed by atoms with Crippen molar-refractivity contribution in [2.75, 3.05) is 18.1 Å². The van der Waals surface area contributed by atoms with E-state index in [0.29, 0.717) is 5.92 Å². The summed E-state index contributed by atoms with van der Waals surface area (Å²) in [7, 11) is 0. The monoisotopic (exact) mass is 362 g/mol. The first kappa shape index (κ1) is 14.4. The molecule has 3 N–H and O–H groups in total. The molecule has 3 nitrogen and oxygen atoms in total. The molecule has 6 heteroatoms. The van der Waals surface area contributed by atoms with Crippen LogP contribution in [0.5, 0.6) is 0 Å². The Morgan fingerprint density at radius 1 is 1.58 bits per heavy atom. The summed E-state index contributed by atoms with van der Waals surface area (Å²) in [6.45, 7) is 0.870. The van der Waals surface area contributed by atoms with E-state index in [4.69, 9.17) is 10.6 Å². The predicted octanol–water partition coefficient (Wildman–Crippen LogP) is 3.32. The Kier molecular flexibility index (Phi) is 4.56. The molecular formula is C13H19BrN2OS2. The molecule has 19 heavy (non-hydrogen) atoms. The second-order valence-electron chi connectivity index (χ2n) is 5.42. The van der Waals surface area contributed by atoms with E-state index in [2.05, 4.69) is 32.8 Å². The van der Waals surface area contributed by atoms with Gasteiger partial charge in [-0.1, -0.05) is 0 Å². The lowest BCUT2D eigenvalue weighted by molar-refractivity contribution is -0.0854. The molecule has 3 rings (SSSR count). The van der Waals surface area contributed by atoms with E-state index in [-0.39, 0.29) is 11.6 Å². The van der Waals surface area contributed by atoms with Crippen LogP contribution in [0.3, 0.4) is 0 Å². The van der Waals surface area contributed by atoms with Gasteiger partial charge in [-0.15, -0.1) is 11.3 Å². The van der Waals surface area contributed by atoms with Crippen LogP contribution < -0.4 is 11.3 Å². The molecule has 0 radical (unpaired) electrons. The lowest BCUT2D eigenvalue weighted by atomic mass is 9.80. The normalized spacial score (nSPS) is 32.8. The fourth-order valence-electron chi connectivity index (χ4n) is 3.20. The third-order valence-corrected chi connectivity index (χ3v) is 6.94. The van der Waals surface area contributed by atoms with Gasteiger partial charge in [0.05, 0.1) is 9.39 Å². The van der Waals surface area contributed by atoms with Crippen molar-refractivity contribution in [1.29, 1.82) is 0 Å². The van der Waals surface area contributed by atoms with Crippen molar-refractivity contribution in [2.24, 2.45) is 11.8 Å². The zero-order valence-electron chi connectivity index (χ0n) is 10.7. The molecule has 106 valence electrons. The minimum atomic E-state index is 0.121. The first-order chi connectivity index (χ1) is 9.22. The lowest BCUT2D eigenvalue weighted by Gasteiger charge is -2.40. The van der Waals surface area contributed by atoms with Gasteiger partial charge in [0.2, 0.25) is 0 Å². The van der Waals surface area contributed by atoms with Crippen LogP contribution in [0.1, 0.15) is 30.9 Å². The molecule has 1 aromatic heterocycles. The molecule has 3 atom stereocenters. The van der Waals surface area contributed by atoms with Gasteiger partial charge in [0, 0.05) is 18.4 Å². The first-order valence-electron chi connectivity index (χ1n) is 6.64. The number of hydrogen-bond donors (Lipinski definition) is 2. The summed E-state index contributed by atoms with van der Waals surface area (Å²) < 4.78 is 7.26. The Morgan fingerprint density at radius 2 is 2.47 bits per heavy atom. The topological polar surface area (TPSA) is 47.3 Å². The minimum absolute atomic E-state index is 0.121. The number of hydrogen-bond acceptors (Lipinski definition) is 5. The van der Waals surface area contributed by atoms with Crippen LogP contribution in [0, 0.1) is 5.92 Å². The number of rotatable bonds is 3. The van der Waals surface area contributed by atoms with Gasteiger partial charge in [-0.3, -0.25) is 11.3 Å². The molecule has 2 aliphatic heterocycles. The summed E-state index contributed by atoms with van der Waals surface area (Å²) in [5.74, 6) is 8.77. The zero-order chi connectivity index (χ0) is 13.3. The van der Waals surface area contributed by atoms with Crippen molar-refractivity contribution in [3.63, 3.8) is 0 Å². The third-order valence-electron chi connectivity index (χ3n) is 4.20. The summed E-state index contributed by atoms with van der Waals surface area (Å²) in [4.78, 5) is 0. The maximum atomic E-state index is 6.10. The third kappa shape index (κ3) is 3.04. The molecule has 1 aromatic rings.